The second-order valence-corrected chi connectivity index (χ2v) is 4.18. The summed E-state index contributed by atoms with van der Waals surface area (Å²) in [7, 11) is 0. The molecule has 0 aromatic carbocycles. The number of nitrogens with zero attached hydrogens (tertiary/aromatic N) is 1. The van der Waals surface area contributed by atoms with Crippen LogP contribution in [0, 0.1) is 11.3 Å². The Kier molecular flexibility index (Phi) is 5.79. The van der Waals surface area contributed by atoms with Gasteiger partial charge in [-0.2, -0.15) is 5.26 Å². The number of rotatable bonds is 6. The van der Waals surface area contributed by atoms with Gasteiger partial charge < -0.3 is 10.4 Å². The Hall–Kier alpha value is -1.22. The molecule has 0 aliphatic carbocycles. The van der Waals surface area contributed by atoms with Gasteiger partial charge in [0.15, 0.2) is 0 Å². The third kappa shape index (κ3) is 4.70. The number of hydrogen-bond acceptors (Lipinski definition) is 4. The number of carboxylic acid groups (broad SMARTS) is 1. The number of carbonyl (C=O) groups excluding carboxylic acids is 1. The lowest BCUT2D eigenvalue weighted by atomic mass is 9.99. The van der Waals surface area contributed by atoms with E-state index in [1.165, 1.54) is 6.92 Å². The van der Waals surface area contributed by atoms with Gasteiger partial charge in [-0.1, -0.05) is 6.92 Å². The van der Waals surface area contributed by atoms with Crippen LogP contribution in [-0.2, 0) is 9.59 Å². The number of nitrogens with one attached hydrogen (secondary N) is 1. The van der Waals surface area contributed by atoms with Crippen molar-refractivity contribution in [3.63, 3.8) is 0 Å². The normalized spacial score (nSPS) is 13.7. The van der Waals surface area contributed by atoms with Crippen molar-refractivity contribution in [2.45, 2.75) is 25.8 Å². The van der Waals surface area contributed by atoms with Crippen molar-refractivity contribution in [3.05, 3.63) is 0 Å². The van der Waals surface area contributed by atoms with Crippen molar-refractivity contribution in [2.24, 2.45) is 0 Å². The monoisotopic (exact) mass is 230 g/mol. The average Bonchev–Trinajstić information content (AvgIpc) is 2.17. The molecular formula is C9H14N2O3S. The summed E-state index contributed by atoms with van der Waals surface area (Å²) >= 11 is 1.16. The fraction of sp³-hybridized carbons (Fsp3) is 0.667. The minimum Gasteiger partial charge on any atom is -0.480 e. The van der Waals surface area contributed by atoms with E-state index in [9.17, 15) is 9.59 Å². The number of thioether (sulfide) groups is 1. The lowest BCUT2D eigenvalue weighted by molar-refractivity contribution is -0.146. The molecular weight excluding hydrogens is 216 g/mol. The molecule has 1 unspecified atom stereocenters. The van der Waals surface area contributed by atoms with Crippen LogP contribution in [0.4, 0.5) is 0 Å². The Balaban J connectivity index is 4.15. The minimum atomic E-state index is -1.22. The van der Waals surface area contributed by atoms with Crippen molar-refractivity contribution in [3.8, 4) is 6.07 Å². The smallest absolute Gasteiger partial charge is 0.329 e. The van der Waals surface area contributed by atoms with Gasteiger partial charge in [-0.25, -0.2) is 4.79 Å². The van der Waals surface area contributed by atoms with Crippen LogP contribution in [0.5, 0.6) is 0 Å². The first-order chi connectivity index (χ1) is 6.96. The SMILES string of the molecule is CCC(C)(NC(=O)CSCC#N)C(=O)O. The van der Waals surface area contributed by atoms with E-state index in [-0.39, 0.29) is 17.4 Å². The topological polar surface area (TPSA) is 90.2 Å². The first-order valence-corrected chi connectivity index (χ1v) is 5.61. The Morgan fingerprint density at radius 1 is 1.60 bits per heavy atom. The number of carboxylic acids is 1. The number of carbonyl (C=O) groups is 2. The van der Waals surface area contributed by atoms with Crippen LogP contribution in [0.25, 0.3) is 0 Å². The van der Waals surface area contributed by atoms with E-state index in [4.69, 9.17) is 10.4 Å². The molecule has 0 aliphatic heterocycles. The zero-order valence-corrected chi connectivity index (χ0v) is 9.56. The number of hydrogen-bond donors (Lipinski definition) is 2. The second kappa shape index (κ2) is 6.30. The highest BCUT2D eigenvalue weighted by atomic mass is 32.2. The molecule has 0 aliphatic rings. The standard InChI is InChI=1S/C9H14N2O3S/c1-3-9(2,8(13)14)11-7(12)6-15-5-4-10/h3,5-6H2,1-2H3,(H,11,12)(H,13,14). The predicted molar refractivity (Wildman–Crippen MR) is 57.4 cm³/mol. The van der Waals surface area contributed by atoms with E-state index in [1.807, 2.05) is 6.07 Å². The zero-order chi connectivity index (χ0) is 11.9. The van der Waals surface area contributed by atoms with Crippen LogP contribution in [-0.4, -0.2) is 34.0 Å². The van der Waals surface area contributed by atoms with Gasteiger partial charge >= 0.3 is 5.97 Å². The maximum Gasteiger partial charge on any atom is 0.329 e. The third-order valence-electron chi connectivity index (χ3n) is 1.99. The fourth-order valence-electron chi connectivity index (χ4n) is 0.826. The summed E-state index contributed by atoms with van der Waals surface area (Å²) in [5.74, 6) is -1.08. The molecule has 2 N–H and O–H groups in total. The fourth-order valence-corrected chi connectivity index (χ4v) is 1.28. The molecule has 0 spiro atoms. The van der Waals surface area contributed by atoms with E-state index in [1.54, 1.807) is 6.92 Å². The zero-order valence-electron chi connectivity index (χ0n) is 8.74. The quantitative estimate of drug-likeness (QED) is 0.652. The van der Waals surface area contributed by atoms with E-state index in [0.29, 0.717) is 6.42 Å². The highest BCUT2D eigenvalue weighted by Crippen LogP contribution is 2.09. The van der Waals surface area contributed by atoms with Crippen molar-refractivity contribution < 1.29 is 14.7 Å². The third-order valence-corrected chi connectivity index (χ3v) is 2.79. The summed E-state index contributed by atoms with van der Waals surface area (Å²) in [5, 5.41) is 19.6. The molecule has 0 bridgehead atoms. The Morgan fingerprint density at radius 3 is 2.60 bits per heavy atom. The van der Waals surface area contributed by atoms with Gasteiger partial charge in [-0.3, -0.25) is 4.79 Å². The van der Waals surface area contributed by atoms with Crippen molar-refractivity contribution in [2.75, 3.05) is 11.5 Å². The van der Waals surface area contributed by atoms with Gasteiger partial charge in [0.25, 0.3) is 0 Å². The minimum absolute atomic E-state index is 0.108. The first kappa shape index (κ1) is 13.8. The van der Waals surface area contributed by atoms with Gasteiger partial charge in [-0.05, 0) is 13.3 Å². The van der Waals surface area contributed by atoms with Gasteiger partial charge in [0.1, 0.15) is 5.54 Å². The molecule has 0 saturated heterocycles. The summed E-state index contributed by atoms with van der Waals surface area (Å²) in [4.78, 5) is 22.1. The number of nitriles is 1. The van der Waals surface area contributed by atoms with Crippen molar-refractivity contribution >= 4 is 23.6 Å². The largest absolute Gasteiger partial charge is 0.480 e. The Bertz CT molecular complexity index is 288. The summed E-state index contributed by atoms with van der Waals surface area (Å²) in [6.45, 7) is 3.15. The van der Waals surface area contributed by atoms with Gasteiger partial charge in [0, 0.05) is 0 Å². The summed E-state index contributed by atoms with van der Waals surface area (Å²) in [6.07, 6.45) is 0.316. The molecule has 1 amide bonds. The second-order valence-electron chi connectivity index (χ2n) is 3.19. The molecule has 1 atom stereocenters. The van der Waals surface area contributed by atoms with Crippen LogP contribution in [0.3, 0.4) is 0 Å². The van der Waals surface area contributed by atoms with E-state index >= 15 is 0 Å². The summed E-state index contributed by atoms with van der Waals surface area (Å²) in [6, 6.07) is 1.89. The van der Waals surface area contributed by atoms with Crippen LogP contribution in [0.15, 0.2) is 0 Å². The molecule has 0 rings (SSSR count). The van der Waals surface area contributed by atoms with Gasteiger partial charge in [-0.15, -0.1) is 11.8 Å². The van der Waals surface area contributed by atoms with Gasteiger partial charge in [0.05, 0.1) is 17.6 Å². The van der Waals surface area contributed by atoms with E-state index in [2.05, 4.69) is 5.32 Å². The molecule has 0 fully saturated rings. The van der Waals surface area contributed by atoms with Crippen LogP contribution in [0.1, 0.15) is 20.3 Å². The highest BCUT2D eigenvalue weighted by Gasteiger charge is 2.32. The number of aliphatic carboxylic acids is 1. The summed E-state index contributed by atoms with van der Waals surface area (Å²) in [5.41, 5.74) is -1.22. The van der Waals surface area contributed by atoms with E-state index < -0.39 is 11.5 Å². The van der Waals surface area contributed by atoms with Crippen LogP contribution >= 0.6 is 11.8 Å². The Labute approximate surface area is 92.8 Å². The molecule has 6 heteroatoms. The molecule has 0 aromatic heterocycles. The molecule has 15 heavy (non-hydrogen) atoms. The molecule has 84 valence electrons. The Morgan fingerprint density at radius 2 is 2.20 bits per heavy atom. The van der Waals surface area contributed by atoms with Crippen LogP contribution in [0.2, 0.25) is 0 Å². The molecule has 0 aromatic rings. The molecule has 0 heterocycles. The predicted octanol–water partition coefficient (Wildman–Crippen LogP) is 0.613. The van der Waals surface area contributed by atoms with Gasteiger partial charge in [0.2, 0.25) is 5.91 Å². The molecule has 5 nitrogen and oxygen atoms in total. The highest BCUT2D eigenvalue weighted by molar-refractivity contribution is 8.00. The summed E-state index contributed by atoms with van der Waals surface area (Å²) < 4.78 is 0. The van der Waals surface area contributed by atoms with Crippen molar-refractivity contribution in [1.29, 1.82) is 5.26 Å². The lowest BCUT2D eigenvalue weighted by Crippen LogP contribution is -2.52. The van der Waals surface area contributed by atoms with Crippen LogP contribution < -0.4 is 5.32 Å². The van der Waals surface area contributed by atoms with Crippen molar-refractivity contribution in [1.82, 2.24) is 5.32 Å². The molecule has 0 saturated carbocycles. The lowest BCUT2D eigenvalue weighted by Gasteiger charge is -2.24. The maximum absolute atomic E-state index is 11.3. The average molecular weight is 230 g/mol. The number of amides is 1. The molecule has 0 radical (unpaired) electrons. The first-order valence-electron chi connectivity index (χ1n) is 4.45. The van der Waals surface area contributed by atoms with E-state index in [0.717, 1.165) is 11.8 Å². The maximum atomic E-state index is 11.3.